The first-order valence-electron chi connectivity index (χ1n) is 9.75. The van der Waals surface area contributed by atoms with Crippen molar-refractivity contribution in [3.8, 4) is 0 Å². The number of fused-ring (bicyclic) bond motifs is 4. The first-order valence-corrected chi connectivity index (χ1v) is 12.4. The summed E-state index contributed by atoms with van der Waals surface area (Å²) in [5.41, 5.74) is 3.17. The van der Waals surface area contributed by atoms with E-state index >= 15 is 0 Å². The lowest BCUT2D eigenvalue weighted by Gasteiger charge is -2.57. The summed E-state index contributed by atoms with van der Waals surface area (Å²) in [5.74, 6) is 0. The molecule has 0 N–H and O–H groups in total. The number of morpholine rings is 1. The maximum Gasteiger partial charge on any atom is 0.162 e. The molecule has 156 valence electrons. The Balaban J connectivity index is 1.72. The largest absolute Gasteiger partial charge is 0.373 e. The number of likely N-dealkylation sites (N-methyl/N-ethyl adjacent to an activating group) is 1. The van der Waals surface area contributed by atoms with E-state index < -0.39 is 20.2 Å². The molecule has 4 atom stereocenters. The Hall–Kier alpha value is -1.21. The number of hydrogen-bond donors (Lipinski definition) is 0. The van der Waals surface area contributed by atoms with Crippen LogP contribution in [-0.2, 0) is 21.0 Å². The van der Waals surface area contributed by atoms with Crippen LogP contribution in [0.1, 0.15) is 31.1 Å². The normalized spacial score (nSPS) is 35.5. The van der Waals surface area contributed by atoms with E-state index in [4.69, 9.17) is 27.9 Å². The lowest BCUT2D eigenvalue weighted by molar-refractivity contribution is -0.125. The van der Waals surface area contributed by atoms with Gasteiger partial charge in [-0.3, -0.25) is 0 Å². The van der Waals surface area contributed by atoms with Crippen molar-refractivity contribution >= 4 is 33.0 Å². The third kappa shape index (κ3) is 2.52. The number of rotatable bonds is 1. The van der Waals surface area contributed by atoms with Crippen LogP contribution in [0.3, 0.4) is 0 Å². The minimum absolute atomic E-state index is 0.0723. The predicted octanol–water partition coefficient (Wildman–Crippen LogP) is 3.58. The Kier molecular flexibility index (Phi) is 4.04. The molecule has 4 aliphatic rings. The van der Waals surface area contributed by atoms with Crippen LogP contribution in [0.25, 0.3) is 0 Å². The number of nitrogens with zero attached hydrogens (tertiary/aromatic N) is 2. The van der Waals surface area contributed by atoms with Crippen molar-refractivity contribution in [1.82, 2.24) is 9.80 Å². The van der Waals surface area contributed by atoms with Crippen molar-refractivity contribution in [2.45, 2.75) is 42.8 Å². The fourth-order valence-electron chi connectivity index (χ4n) is 5.43. The van der Waals surface area contributed by atoms with E-state index in [-0.39, 0.29) is 12.1 Å². The van der Waals surface area contributed by atoms with Gasteiger partial charge in [-0.1, -0.05) is 29.3 Å². The molecule has 1 aromatic rings. The summed E-state index contributed by atoms with van der Waals surface area (Å²) in [5, 5.41) is 1.27. The minimum Gasteiger partial charge on any atom is -0.373 e. The van der Waals surface area contributed by atoms with E-state index in [2.05, 4.69) is 9.80 Å². The third-order valence-corrected chi connectivity index (χ3v) is 9.46. The second-order valence-electron chi connectivity index (χ2n) is 8.90. The van der Waals surface area contributed by atoms with Gasteiger partial charge in [0.25, 0.3) is 0 Å². The number of benzene rings is 1. The zero-order valence-corrected chi connectivity index (χ0v) is 19.2. The van der Waals surface area contributed by atoms with Gasteiger partial charge in [-0.05, 0) is 49.6 Å². The van der Waals surface area contributed by atoms with Gasteiger partial charge in [0.2, 0.25) is 0 Å². The van der Waals surface area contributed by atoms with Crippen molar-refractivity contribution in [2.24, 2.45) is 0 Å². The van der Waals surface area contributed by atoms with Gasteiger partial charge in [0.1, 0.15) is 16.5 Å². The molecule has 0 saturated carbocycles. The number of sulfone groups is 1. The molecule has 2 unspecified atom stereocenters. The standard InChI is InChI=1S/C21H24Cl2N2O3S/c1-20-5-6-21(2,29(4,26)27)19-18(20)25(8-7-24(19)3)16-11-13-14(17(16)28-20)9-12(22)10-15(13)23/h5-6,9-10,16-17H,7-8,11H2,1-4H3/t16-,17-,20?,21?/m0/s1. The topological polar surface area (TPSA) is 49.9 Å². The summed E-state index contributed by atoms with van der Waals surface area (Å²) < 4.78 is 31.3. The van der Waals surface area contributed by atoms with Gasteiger partial charge in [-0.25, -0.2) is 8.42 Å². The molecule has 0 amide bonds. The minimum atomic E-state index is -3.38. The van der Waals surface area contributed by atoms with Crippen LogP contribution in [0.5, 0.6) is 0 Å². The van der Waals surface area contributed by atoms with Crippen LogP contribution in [-0.4, -0.2) is 61.0 Å². The van der Waals surface area contributed by atoms with Gasteiger partial charge in [0, 0.05) is 36.4 Å². The number of ether oxygens (including phenoxy) is 1. The van der Waals surface area contributed by atoms with Crippen LogP contribution < -0.4 is 0 Å². The molecule has 1 aromatic carbocycles. The monoisotopic (exact) mass is 454 g/mol. The quantitative estimate of drug-likeness (QED) is 0.606. The van der Waals surface area contributed by atoms with Crippen molar-refractivity contribution in [2.75, 3.05) is 26.4 Å². The molecule has 2 aliphatic heterocycles. The zero-order chi connectivity index (χ0) is 20.9. The van der Waals surface area contributed by atoms with Gasteiger partial charge in [-0.2, -0.15) is 0 Å². The van der Waals surface area contributed by atoms with Crippen LogP contribution in [0.2, 0.25) is 10.0 Å². The zero-order valence-electron chi connectivity index (χ0n) is 16.9. The van der Waals surface area contributed by atoms with E-state index in [1.807, 2.05) is 26.1 Å². The third-order valence-electron chi connectivity index (χ3n) is 7.04. The Bertz CT molecular complexity index is 1100. The molecular formula is C21H24Cl2N2O3S. The van der Waals surface area contributed by atoms with Gasteiger partial charge >= 0.3 is 0 Å². The van der Waals surface area contributed by atoms with Gasteiger partial charge in [0.15, 0.2) is 9.84 Å². The van der Waals surface area contributed by atoms with Crippen molar-refractivity contribution in [3.05, 3.63) is 56.9 Å². The molecule has 2 heterocycles. The van der Waals surface area contributed by atoms with Crippen molar-refractivity contribution < 1.29 is 13.2 Å². The molecule has 29 heavy (non-hydrogen) atoms. The summed E-state index contributed by atoms with van der Waals surface area (Å²) in [7, 11) is -1.41. The molecule has 1 saturated heterocycles. The lowest BCUT2D eigenvalue weighted by Crippen LogP contribution is -2.62. The first-order chi connectivity index (χ1) is 13.5. The molecular weight excluding hydrogens is 431 g/mol. The fourth-order valence-corrected chi connectivity index (χ4v) is 6.94. The summed E-state index contributed by atoms with van der Waals surface area (Å²) in [4.78, 5) is 4.44. The molecule has 1 fully saturated rings. The molecule has 5 rings (SSSR count). The predicted molar refractivity (Wildman–Crippen MR) is 115 cm³/mol. The molecule has 5 nitrogen and oxygen atoms in total. The van der Waals surface area contributed by atoms with Crippen molar-refractivity contribution in [1.29, 1.82) is 0 Å². The van der Waals surface area contributed by atoms with E-state index in [0.29, 0.717) is 10.0 Å². The van der Waals surface area contributed by atoms with Crippen LogP contribution in [0.4, 0.5) is 0 Å². The summed E-state index contributed by atoms with van der Waals surface area (Å²) in [6.45, 7) is 5.37. The van der Waals surface area contributed by atoms with Crippen LogP contribution in [0, 0.1) is 0 Å². The molecule has 0 spiro atoms. The highest BCUT2D eigenvalue weighted by molar-refractivity contribution is 7.92. The lowest BCUT2D eigenvalue weighted by atomic mass is 9.82. The molecule has 0 aromatic heterocycles. The van der Waals surface area contributed by atoms with E-state index in [0.717, 1.165) is 42.0 Å². The number of hydrogen-bond acceptors (Lipinski definition) is 5. The SMILES string of the molecule is CN1CCN2C3=C1C(C)(S(C)(=O)=O)C=CC3(C)O[C@H]1c3cc(Cl)cc(Cl)c3C[C@@H]12. The maximum atomic E-state index is 12.8. The average Bonchev–Trinajstić information content (AvgIpc) is 2.97. The summed E-state index contributed by atoms with van der Waals surface area (Å²) in [6.07, 6.45) is 5.61. The molecule has 0 radical (unpaired) electrons. The molecule has 8 heteroatoms. The van der Waals surface area contributed by atoms with E-state index in [1.54, 1.807) is 19.1 Å². The second kappa shape index (κ2) is 5.94. The Morgan fingerprint density at radius 3 is 2.55 bits per heavy atom. The van der Waals surface area contributed by atoms with Crippen molar-refractivity contribution in [3.63, 3.8) is 0 Å². The van der Waals surface area contributed by atoms with Crippen LogP contribution >= 0.6 is 23.2 Å². The van der Waals surface area contributed by atoms with E-state index in [9.17, 15) is 8.42 Å². The highest BCUT2D eigenvalue weighted by atomic mass is 35.5. The Morgan fingerprint density at radius 2 is 1.86 bits per heavy atom. The Morgan fingerprint density at radius 1 is 1.14 bits per heavy atom. The Labute approximate surface area is 181 Å². The van der Waals surface area contributed by atoms with Gasteiger partial charge < -0.3 is 14.5 Å². The highest BCUT2D eigenvalue weighted by Gasteiger charge is 2.57. The average molecular weight is 455 g/mol. The van der Waals surface area contributed by atoms with E-state index in [1.165, 1.54) is 6.26 Å². The van der Waals surface area contributed by atoms with Crippen LogP contribution in [0.15, 0.2) is 35.7 Å². The summed E-state index contributed by atoms with van der Waals surface area (Å²) in [6, 6.07) is 3.81. The highest BCUT2D eigenvalue weighted by Crippen LogP contribution is 2.55. The van der Waals surface area contributed by atoms with Gasteiger partial charge in [0.05, 0.1) is 17.4 Å². The maximum absolute atomic E-state index is 12.8. The number of halogens is 2. The fraction of sp³-hybridized carbons (Fsp3) is 0.524. The smallest absolute Gasteiger partial charge is 0.162 e. The first kappa shape index (κ1) is 19.7. The molecule has 0 bridgehead atoms. The summed E-state index contributed by atoms with van der Waals surface area (Å²) >= 11 is 12.8. The molecule has 2 aliphatic carbocycles. The second-order valence-corrected chi connectivity index (χ2v) is 12.1. The van der Waals surface area contributed by atoms with Gasteiger partial charge in [-0.15, -0.1) is 0 Å².